The number of benzene rings is 2. The second-order valence-electron chi connectivity index (χ2n) is 5.78. The van der Waals surface area contributed by atoms with Gasteiger partial charge in [0.25, 0.3) is 5.91 Å². The third-order valence-electron chi connectivity index (χ3n) is 3.61. The summed E-state index contributed by atoms with van der Waals surface area (Å²) in [5, 5.41) is 5.10. The van der Waals surface area contributed by atoms with Crippen LogP contribution >= 0.6 is 0 Å². The van der Waals surface area contributed by atoms with Gasteiger partial charge in [0.1, 0.15) is 11.6 Å². The smallest absolute Gasteiger partial charge is 0.258 e. The Balaban J connectivity index is 1.81. The Labute approximate surface area is 156 Å². The largest absolute Gasteiger partial charge is 0.484 e. The first-order valence-electron chi connectivity index (χ1n) is 8.56. The molecule has 0 saturated carbocycles. The van der Waals surface area contributed by atoms with Gasteiger partial charge >= 0.3 is 0 Å². The van der Waals surface area contributed by atoms with Crippen LogP contribution in [0.1, 0.15) is 29.3 Å². The van der Waals surface area contributed by atoms with Crippen molar-refractivity contribution in [2.75, 3.05) is 19.7 Å². The van der Waals surface area contributed by atoms with E-state index in [2.05, 4.69) is 10.6 Å². The molecule has 0 saturated heterocycles. The highest BCUT2D eigenvalue weighted by molar-refractivity contribution is 6.09. The lowest BCUT2D eigenvalue weighted by Gasteiger charge is -2.08. The molecule has 0 unspecified atom stereocenters. The van der Waals surface area contributed by atoms with Gasteiger partial charge in [0.05, 0.1) is 6.54 Å². The highest BCUT2D eigenvalue weighted by Gasteiger charge is 2.10. The normalized spacial score (nSPS) is 10.1. The van der Waals surface area contributed by atoms with E-state index in [9.17, 15) is 18.8 Å². The fourth-order valence-corrected chi connectivity index (χ4v) is 2.18. The van der Waals surface area contributed by atoms with Gasteiger partial charge < -0.3 is 15.4 Å². The third-order valence-corrected chi connectivity index (χ3v) is 3.61. The van der Waals surface area contributed by atoms with Gasteiger partial charge in [-0.1, -0.05) is 6.92 Å². The van der Waals surface area contributed by atoms with Crippen molar-refractivity contribution < 1.29 is 23.5 Å². The van der Waals surface area contributed by atoms with Gasteiger partial charge in [0.2, 0.25) is 5.91 Å². The summed E-state index contributed by atoms with van der Waals surface area (Å²) >= 11 is 0. The number of hydrogen-bond donors (Lipinski definition) is 2. The Morgan fingerprint density at radius 2 is 1.48 bits per heavy atom. The van der Waals surface area contributed by atoms with Crippen molar-refractivity contribution in [3.63, 3.8) is 0 Å². The zero-order chi connectivity index (χ0) is 19.6. The summed E-state index contributed by atoms with van der Waals surface area (Å²) in [7, 11) is 0. The fraction of sp³-hybridized carbons (Fsp3) is 0.250. The van der Waals surface area contributed by atoms with Crippen molar-refractivity contribution in [2.45, 2.75) is 13.3 Å². The topological polar surface area (TPSA) is 84.5 Å². The summed E-state index contributed by atoms with van der Waals surface area (Å²) in [6.45, 7) is 2.15. The van der Waals surface area contributed by atoms with E-state index in [1.807, 2.05) is 6.92 Å². The highest BCUT2D eigenvalue weighted by Crippen LogP contribution is 2.16. The van der Waals surface area contributed by atoms with Crippen molar-refractivity contribution in [3.8, 4) is 5.75 Å². The van der Waals surface area contributed by atoms with Gasteiger partial charge in [-0.2, -0.15) is 0 Å². The van der Waals surface area contributed by atoms with E-state index in [4.69, 9.17) is 4.74 Å². The maximum absolute atomic E-state index is 12.9. The Hall–Kier alpha value is -3.22. The third kappa shape index (κ3) is 6.54. The number of carbonyl (C=O) groups excluding carboxylic acids is 3. The van der Waals surface area contributed by atoms with Gasteiger partial charge in [-0.05, 0) is 55.0 Å². The number of amides is 2. The van der Waals surface area contributed by atoms with E-state index in [0.717, 1.165) is 6.42 Å². The van der Waals surface area contributed by atoms with E-state index >= 15 is 0 Å². The van der Waals surface area contributed by atoms with E-state index < -0.39 is 11.7 Å². The van der Waals surface area contributed by atoms with Gasteiger partial charge in [0.15, 0.2) is 12.4 Å². The number of halogens is 1. The van der Waals surface area contributed by atoms with Crippen molar-refractivity contribution in [3.05, 3.63) is 65.5 Å². The molecule has 0 spiro atoms. The molecule has 0 bridgehead atoms. The maximum Gasteiger partial charge on any atom is 0.258 e. The molecule has 6 nitrogen and oxygen atoms in total. The Morgan fingerprint density at radius 3 is 2.07 bits per heavy atom. The molecule has 0 radical (unpaired) electrons. The minimum atomic E-state index is -0.423. The molecule has 2 aromatic rings. The molecule has 0 aliphatic rings. The van der Waals surface area contributed by atoms with Gasteiger partial charge in [-0.25, -0.2) is 4.39 Å². The minimum Gasteiger partial charge on any atom is -0.484 e. The van der Waals surface area contributed by atoms with Crippen LogP contribution in [-0.4, -0.2) is 37.3 Å². The van der Waals surface area contributed by atoms with Crippen LogP contribution in [0.15, 0.2) is 48.5 Å². The minimum absolute atomic E-state index is 0.104. The quantitative estimate of drug-likeness (QED) is 0.660. The Kier molecular flexibility index (Phi) is 7.49. The van der Waals surface area contributed by atoms with E-state index in [1.165, 1.54) is 24.3 Å². The van der Waals surface area contributed by atoms with Crippen LogP contribution in [0.3, 0.4) is 0 Å². The number of ether oxygens (including phenoxy) is 1. The monoisotopic (exact) mass is 372 g/mol. The fourth-order valence-electron chi connectivity index (χ4n) is 2.18. The predicted octanol–water partition coefficient (Wildman–Crippen LogP) is 2.08. The highest BCUT2D eigenvalue weighted by atomic mass is 19.1. The van der Waals surface area contributed by atoms with Crippen LogP contribution in [0.25, 0.3) is 0 Å². The number of carbonyl (C=O) groups is 3. The number of nitrogens with one attached hydrogen (secondary N) is 2. The second-order valence-corrected chi connectivity index (χ2v) is 5.78. The molecular formula is C20H21FN2O4. The van der Waals surface area contributed by atoms with Crippen LogP contribution in [0.5, 0.6) is 5.75 Å². The molecule has 2 rings (SSSR count). The van der Waals surface area contributed by atoms with Crippen LogP contribution < -0.4 is 15.4 Å². The molecule has 0 aromatic heterocycles. The van der Waals surface area contributed by atoms with E-state index in [0.29, 0.717) is 23.4 Å². The van der Waals surface area contributed by atoms with Crippen molar-refractivity contribution in [1.82, 2.24) is 10.6 Å². The number of rotatable bonds is 9. The summed E-state index contributed by atoms with van der Waals surface area (Å²) < 4.78 is 18.3. The number of ketones is 1. The summed E-state index contributed by atoms with van der Waals surface area (Å²) in [5.41, 5.74) is 0.803. The van der Waals surface area contributed by atoms with E-state index in [1.54, 1.807) is 24.3 Å². The van der Waals surface area contributed by atoms with Gasteiger partial charge in [-0.15, -0.1) is 0 Å². The van der Waals surface area contributed by atoms with Crippen LogP contribution in [0.4, 0.5) is 4.39 Å². The van der Waals surface area contributed by atoms with Crippen molar-refractivity contribution in [2.24, 2.45) is 0 Å². The molecule has 2 N–H and O–H groups in total. The molecule has 2 amide bonds. The van der Waals surface area contributed by atoms with Crippen LogP contribution in [0.2, 0.25) is 0 Å². The summed E-state index contributed by atoms with van der Waals surface area (Å²) in [5.74, 6) is -0.910. The first kappa shape index (κ1) is 20.1. The second kappa shape index (κ2) is 10.1. The molecule has 0 atom stereocenters. The predicted molar refractivity (Wildman–Crippen MR) is 98.1 cm³/mol. The molecule has 2 aromatic carbocycles. The van der Waals surface area contributed by atoms with Crippen molar-refractivity contribution >= 4 is 17.6 Å². The zero-order valence-corrected chi connectivity index (χ0v) is 15.0. The molecule has 0 aliphatic heterocycles. The molecule has 0 fully saturated rings. The SMILES string of the molecule is CCCNC(=O)CNC(=O)COc1ccc(C(=O)c2ccc(F)cc2)cc1. The maximum atomic E-state index is 12.9. The first-order valence-corrected chi connectivity index (χ1v) is 8.56. The standard InChI is InChI=1S/C20H21FN2O4/c1-2-11-22-18(24)12-23-19(25)13-27-17-9-5-15(6-10-17)20(26)14-3-7-16(21)8-4-14/h3-10H,2,11-13H2,1H3,(H,22,24)(H,23,25). The lowest BCUT2D eigenvalue weighted by molar-refractivity contribution is -0.127. The average Bonchev–Trinajstić information content (AvgIpc) is 2.69. The molecule has 0 heterocycles. The summed E-state index contributed by atoms with van der Waals surface area (Å²) in [6.07, 6.45) is 0.822. The van der Waals surface area contributed by atoms with Crippen LogP contribution in [0, 0.1) is 5.82 Å². The Bertz CT molecular complexity index is 789. The lowest BCUT2D eigenvalue weighted by Crippen LogP contribution is -2.39. The van der Waals surface area contributed by atoms with Crippen molar-refractivity contribution in [1.29, 1.82) is 0 Å². The van der Waals surface area contributed by atoms with Gasteiger partial charge in [0, 0.05) is 17.7 Å². The van der Waals surface area contributed by atoms with Crippen LogP contribution in [-0.2, 0) is 9.59 Å². The molecule has 27 heavy (non-hydrogen) atoms. The summed E-state index contributed by atoms with van der Waals surface area (Å²) in [6, 6.07) is 11.6. The zero-order valence-electron chi connectivity index (χ0n) is 15.0. The van der Waals surface area contributed by atoms with Gasteiger partial charge in [-0.3, -0.25) is 14.4 Å². The molecule has 7 heteroatoms. The van der Waals surface area contributed by atoms with E-state index in [-0.39, 0.29) is 24.8 Å². The number of hydrogen-bond acceptors (Lipinski definition) is 4. The lowest BCUT2D eigenvalue weighted by atomic mass is 10.0. The molecule has 0 aliphatic carbocycles. The molecule has 142 valence electrons. The first-order chi connectivity index (χ1) is 13.0. The average molecular weight is 372 g/mol. The summed E-state index contributed by atoms with van der Waals surface area (Å²) in [4.78, 5) is 35.4. The molecular weight excluding hydrogens is 351 g/mol. The Morgan fingerprint density at radius 1 is 0.889 bits per heavy atom.